The zero-order valence-electron chi connectivity index (χ0n) is 9.63. The zero-order valence-corrected chi connectivity index (χ0v) is 10.4. The maximum absolute atomic E-state index is 12.7. The number of benzene rings is 1. The van der Waals surface area contributed by atoms with Gasteiger partial charge in [-0.2, -0.15) is 0 Å². The SMILES string of the molecule is CCS(=O)(=O)c1nnc(Cc2ccc(F)cc2)o1. The van der Waals surface area contributed by atoms with Crippen LogP contribution < -0.4 is 0 Å². The van der Waals surface area contributed by atoms with Crippen LogP contribution in [0.2, 0.25) is 0 Å². The first-order chi connectivity index (χ1) is 8.51. The molecule has 0 fully saturated rings. The number of nitrogens with zero attached hydrogens (tertiary/aromatic N) is 2. The minimum Gasteiger partial charge on any atom is -0.412 e. The Labute approximate surface area is 104 Å². The maximum atomic E-state index is 12.7. The molecule has 0 saturated carbocycles. The number of hydrogen-bond donors (Lipinski definition) is 0. The van der Waals surface area contributed by atoms with Gasteiger partial charge in [0.1, 0.15) is 5.82 Å². The molecule has 5 nitrogen and oxygen atoms in total. The Bertz CT molecular complexity index is 635. The molecule has 0 bridgehead atoms. The third-order valence-corrected chi connectivity index (χ3v) is 3.82. The molecular weight excluding hydrogens is 259 g/mol. The van der Waals surface area contributed by atoms with Gasteiger partial charge in [0, 0.05) is 0 Å². The van der Waals surface area contributed by atoms with Gasteiger partial charge < -0.3 is 4.42 Å². The van der Waals surface area contributed by atoms with Crippen molar-refractivity contribution in [2.24, 2.45) is 0 Å². The molecule has 0 radical (unpaired) electrons. The van der Waals surface area contributed by atoms with Gasteiger partial charge in [-0.25, -0.2) is 12.8 Å². The molecule has 1 heterocycles. The molecular formula is C11H11FN2O3S. The lowest BCUT2D eigenvalue weighted by atomic mass is 10.1. The standard InChI is InChI=1S/C11H11FN2O3S/c1-2-18(15,16)11-14-13-10(17-11)7-8-3-5-9(12)6-4-8/h3-6H,2,7H2,1H3. The molecule has 0 aliphatic heterocycles. The number of sulfone groups is 1. The maximum Gasteiger partial charge on any atom is 0.335 e. The van der Waals surface area contributed by atoms with Crippen LogP contribution in [0.1, 0.15) is 18.4 Å². The van der Waals surface area contributed by atoms with Crippen molar-refractivity contribution in [3.05, 3.63) is 41.5 Å². The van der Waals surface area contributed by atoms with Gasteiger partial charge in [0.15, 0.2) is 0 Å². The second kappa shape index (κ2) is 4.85. The second-order valence-corrected chi connectivity index (χ2v) is 5.82. The number of aromatic nitrogens is 2. The van der Waals surface area contributed by atoms with Crippen molar-refractivity contribution in [2.45, 2.75) is 18.6 Å². The highest BCUT2D eigenvalue weighted by atomic mass is 32.2. The smallest absolute Gasteiger partial charge is 0.335 e. The fourth-order valence-corrected chi connectivity index (χ4v) is 1.97. The second-order valence-electron chi connectivity index (χ2n) is 3.67. The lowest BCUT2D eigenvalue weighted by molar-refractivity contribution is 0.402. The molecule has 0 atom stereocenters. The van der Waals surface area contributed by atoms with Gasteiger partial charge in [-0.15, -0.1) is 5.10 Å². The Morgan fingerprint density at radius 2 is 1.89 bits per heavy atom. The van der Waals surface area contributed by atoms with E-state index in [0.29, 0.717) is 0 Å². The van der Waals surface area contributed by atoms with E-state index in [9.17, 15) is 12.8 Å². The van der Waals surface area contributed by atoms with Crippen LogP contribution in [0.15, 0.2) is 33.9 Å². The van der Waals surface area contributed by atoms with Crippen LogP contribution in [0.25, 0.3) is 0 Å². The molecule has 2 aromatic rings. The molecule has 18 heavy (non-hydrogen) atoms. The molecule has 1 aromatic carbocycles. The van der Waals surface area contributed by atoms with E-state index in [1.54, 1.807) is 12.1 Å². The van der Waals surface area contributed by atoms with E-state index in [0.717, 1.165) is 5.56 Å². The summed E-state index contributed by atoms with van der Waals surface area (Å²) in [6.07, 6.45) is 0.270. The normalized spacial score (nSPS) is 11.7. The number of rotatable bonds is 4. The minimum absolute atomic E-state index is 0.0921. The van der Waals surface area contributed by atoms with Crippen LogP contribution in [0, 0.1) is 5.82 Å². The summed E-state index contributed by atoms with van der Waals surface area (Å²) < 4.78 is 40.7. The largest absolute Gasteiger partial charge is 0.412 e. The van der Waals surface area contributed by atoms with Crippen LogP contribution in [0.3, 0.4) is 0 Å². The van der Waals surface area contributed by atoms with Crippen molar-refractivity contribution in [1.29, 1.82) is 0 Å². The topological polar surface area (TPSA) is 73.1 Å². The summed E-state index contributed by atoms with van der Waals surface area (Å²) >= 11 is 0. The predicted octanol–water partition coefficient (Wildman–Crippen LogP) is 1.59. The summed E-state index contributed by atoms with van der Waals surface area (Å²) in [6.45, 7) is 1.50. The lowest BCUT2D eigenvalue weighted by Crippen LogP contribution is -2.03. The van der Waals surface area contributed by atoms with Gasteiger partial charge in [0.05, 0.1) is 12.2 Å². The van der Waals surface area contributed by atoms with Gasteiger partial charge in [0.25, 0.3) is 0 Å². The third kappa shape index (κ3) is 2.73. The summed E-state index contributed by atoms with van der Waals surface area (Å²) in [4.78, 5) is 0. The molecule has 2 rings (SSSR count). The Kier molecular flexibility index (Phi) is 3.42. The highest BCUT2D eigenvalue weighted by Crippen LogP contribution is 2.13. The summed E-state index contributed by atoms with van der Waals surface area (Å²) in [5.74, 6) is -0.238. The van der Waals surface area contributed by atoms with Gasteiger partial charge in [-0.05, 0) is 17.7 Å². The van der Waals surface area contributed by atoms with E-state index >= 15 is 0 Å². The Hall–Kier alpha value is -1.76. The van der Waals surface area contributed by atoms with E-state index in [2.05, 4.69) is 10.2 Å². The molecule has 7 heteroatoms. The molecule has 0 N–H and O–H groups in total. The summed E-state index contributed by atoms with van der Waals surface area (Å²) in [7, 11) is -3.48. The zero-order chi connectivity index (χ0) is 13.2. The van der Waals surface area contributed by atoms with Crippen molar-refractivity contribution in [1.82, 2.24) is 10.2 Å². The van der Waals surface area contributed by atoms with E-state index in [1.165, 1.54) is 19.1 Å². The minimum atomic E-state index is -3.48. The van der Waals surface area contributed by atoms with Crippen molar-refractivity contribution in [3.63, 3.8) is 0 Å². The van der Waals surface area contributed by atoms with E-state index in [-0.39, 0.29) is 29.1 Å². The predicted molar refractivity (Wildman–Crippen MR) is 61.2 cm³/mol. The van der Waals surface area contributed by atoms with Crippen LogP contribution >= 0.6 is 0 Å². The van der Waals surface area contributed by atoms with Gasteiger partial charge in [-0.3, -0.25) is 0 Å². The van der Waals surface area contributed by atoms with Gasteiger partial charge in [0.2, 0.25) is 15.7 Å². The highest BCUT2D eigenvalue weighted by molar-refractivity contribution is 7.91. The monoisotopic (exact) mass is 270 g/mol. The fraction of sp³-hybridized carbons (Fsp3) is 0.273. The van der Waals surface area contributed by atoms with Crippen molar-refractivity contribution >= 4 is 9.84 Å². The quantitative estimate of drug-likeness (QED) is 0.843. The fourth-order valence-electron chi connectivity index (χ4n) is 1.34. The number of halogens is 1. The Morgan fingerprint density at radius 1 is 1.22 bits per heavy atom. The average Bonchev–Trinajstić information content (AvgIpc) is 2.81. The summed E-state index contributed by atoms with van der Waals surface area (Å²) in [5.41, 5.74) is 0.764. The van der Waals surface area contributed by atoms with Crippen LogP contribution in [0.5, 0.6) is 0 Å². The molecule has 0 aliphatic rings. The molecule has 1 aromatic heterocycles. The third-order valence-electron chi connectivity index (χ3n) is 2.36. The molecule has 0 spiro atoms. The number of hydrogen-bond acceptors (Lipinski definition) is 5. The van der Waals surface area contributed by atoms with E-state index in [4.69, 9.17) is 4.42 Å². The highest BCUT2D eigenvalue weighted by Gasteiger charge is 2.19. The van der Waals surface area contributed by atoms with Crippen molar-refractivity contribution in [2.75, 3.05) is 5.75 Å². The van der Waals surface area contributed by atoms with Crippen LogP contribution in [-0.4, -0.2) is 24.4 Å². The first-order valence-electron chi connectivity index (χ1n) is 5.31. The van der Waals surface area contributed by atoms with Gasteiger partial charge >= 0.3 is 5.22 Å². The van der Waals surface area contributed by atoms with E-state index < -0.39 is 9.84 Å². The molecule has 0 unspecified atom stereocenters. The van der Waals surface area contributed by atoms with Crippen LogP contribution in [-0.2, 0) is 16.3 Å². The Morgan fingerprint density at radius 3 is 2.50 bits per heavy atom. The summed E-state index contributed by atoms with van der Waals surface area (Å²) in [5, 5.41) is 6.78. The Balaban J connectivity index is 2.19. The first-order valence-corrected chi connectivity index (χ1v) is 6.96. The first kappa shape index (κ1) is 12.7. The molecule has 96 valence electrons. The van der Waals surface area contributed by atoms with Gasteiger partial charge in [-0.1, -0.05) is 24.2 Å². The van der Waals surface area contributed by atoms with E-state index in [1.807, 2.05) is 0 Å². The molecule has 0 aliphatic carbocycles. The molecule has 0 amide bonds. The van der Waals surface area contributed by atoms with Crippen molar-refractivity contribution in [3.8, 4) is 0 Å². The van der Waals surface area contributed by atoms with Crippen molar-refractivity contribution < 1.29 is 17.2 Å². The van der Waals surface area contributed by atoms with Crippen LogP contribution in [0.4, 0.5) is 4.39 Å². The summed E-state index contributed by atoms with van der Waals surface area (Å²) in [6, 6.07) is 5.78. The lowest BCUT2D eigenvalue weighted by Gasteiger charge is -1.96. The average molecular weight is 270 g/mol. The molecule has 0 saturated heterocycles.